The van der Waals surface area contributed by atoms with Gasteiger partial charge in [0.25, 0.3) is 0 Å². The first kappa shape index (κ1) is 25.2. The first-order valence-corrected chi connectivity index (χ1v) is 9.91. The van der Waals surface area contributed by atoms with Crippen LogP contribution >= 0.6 is 31.9 Å². The third-order valence-electron chi connectivity index (χ3n) is 2.73. The van der Waals surface area contributed by atoms with Gasteiger partial charge in [-0.2, -0.15) is 0 Å². The second kappa shape index (κ2) is 9.43. The molecule has 0 aliphatic rings. The van der Waals surface area contributed by atoms with Crippen molar-refractivity contribution in [3.63, 3.8) is 0 Å². The van der Waals surface area contributed by atoms with E-state index in [1.165, 1.54) is 24.3 Å². The van der Waals surface area contributed by atoms with Crippen molar-refractivity contribution in [2.75, 3.05) is 0 Å². The third kappa shape index (κ3) is 6.14. The Kier molecular flexibility index (Phi) is 9.91. The van der Waals surface area contributed by atoms with Gasteiger partial charge < -0.3 is 9.11 Å². The Labute approximate surface area is 200 Å². The van der Waals surface area contributed by atoms with Crippen LogP contribution in [-0.4, -0.2) is 25.9 Å². The van der Waals surface area contributed by atoms with Gasteiger partial charge in [-0.1, -0.05) is 12.1 Å². The van der Waals surface area contributed by atoms with Crippen molar-refractivity contribution in [1.29, 1.82) is 0 Å². The molecular weight excluding hydrogens is 510 g/mol. The molecule has 0 atom stereocenters. The second-order valence-corrected chi connectivity index (χ2v) is 8.60. The van der Waals surface area contributed by atoms with E-state index in [0.717, 1.165) is 12.1 Å². The summed E-state index contributed by atoms with van der Waals surface area (Å²) in [5, 5.41) is 0. The molecule has 0 saturated carbocycles. The number of benzene rings is 2. The molecule has 0 radical (unpaired) electrons. The van der Waals surface area contributed by atoms with Crippen LogP contribution in [-0.2, 0) is 20.2 Å². The zero-order valence-corrected chi connectivity index (χ0v) is 21.3. The SMILES string of the molecule is O=S(=O)([O-])c1cc(-c2ccc(Br)c(S(=O)(=O)[O-])c2)ccc1Br.[Na+].[Na+]. The van der Waals surface area contributed by atoms with Crippen molar-refractivity contribution in [2.24, 2.45) is 0 Å². The van der Waals surface area contributed by atoms with Crippen LogP contribution in [0.15, 0.2) is 55.1 Å². The van der Waals surface area contributed by atoms with Gasteiger partial charge in [-0.3, -0.25) is 0 Å². The molecule has 2 aromatic rings. The average molecular weight is 516 g/mol. The van der Waals surface area contributed by atoms with Gasteiger partial charge >= 0.3 is 59.1 Å². The first-order chi connectivity index (χ1) is 10.00. The van der Waals surface area contributed by atoms with Crippen molar-refractivity contribution in [3.05, 3.63) is 45.3 Å². The zero-order valence-electron chi connectivity index (χ0n) is 12.5. The molecule has 118 valence electrons. The molecule has 0 fully saturated rings. The molecule has 0 heterocycles. The van der Waals surface area contributed by atoms with E-state index in [9.17, 15) is 25.9 Å². The fourth-order valence-corrected chi connectivity index (χ4v) is 4.59. The van der Waals surface area contributed by atoms with Crippen LogP contribution in [0, 0.1) is 0 Å². The van der Waals surface area contributed by atoms with Crippen LogP contribution in [0.2, 0.25) is 0 Å². The van der Waals surface area contributed by atoms with E-state index in [2.05, 4.69) is 31.9 Å². The predicted molar refractivity (Wildman–Crippen MR) is 83.2 cm³/mol. The molecule has 0 unspecified atom stereocenters. The van der Waals surface area contributed by atoms with E-state index >= 15 is 0 Å². The number of rotatable bonds is 3. The van der Waals surface area contributed by atoms with Gasteiger partial charge in [-0.25, -0.2) is 16.8 Å². The van der Waals surface area contributed by atoms with E-state index in [1.807, 2.05) is 0 Å². The Morgan fingerprint density at radius 3 is 1.21 bits per heavy atom. The molecule has 0 aliphatic heterocycles. The molecule has 0 saturated heterocycles. The smallest absolute Gasteiger partial charge is 0.744 e. The topological polar surface area (TPSA) is 114 Å². The summed E-state index contributed by atoms with van der Waals surface area (Å²) in [6.07, 6.45) is 0. The number of hydrogen-bond acceptors (Lipinski definition) is 6. The van der Waals surface area contributed by atoms with Crippen LogP contribution in [0.25, 0.3) is 11.1 Å². The van der Waals surface area contributed by atoms with Crippen LogP contribution < -0.4 is 59.1 Å². The van der Waals surface area contributed by atoms with Crippen LogP contribution in [0.4, 0.5) is 0 Å². The third-order valence-corrected chi connectivity index (χ3v) is 6.40. The summed E-state index contributed by atoms with van der Waals surface area (Å²) in [6, 6.07) is 7.90. The zero-order chi connectivity index (χ0) is 16.7. The van der Waals surface area contributed by atoms with E-state index in [1.54, 1.807) is 0 Å². The fraction of sp³-hybridized carbons (Fsp3) is 0. The van der Waals surface area contributed by atoms with Gasteiger partial charge in [-0.15, -0.1) is 0 Å². The molecule has 24 heavy (non-hydrogen) atoms. The molecular formula is C12H6Br2Na2O6S2. The van der Waals surface area contributed by atoms with Crippen molar-refractivity contribution in [1.82, 2.24) is 0 Å². The maximum absolute atomic E-state index is 11.2. The Balaban J connectivity index is 0.00000264. The van der Waals surface area contributed by atoms with Gasteiger partial charge in [0.15, 0.2) is 0 Å². The van der Waals surface area contributed by atoms with Gasteiger partial charge in [0.1, 0.15) is 20.2 Å². The predicted octanol–water partition coefficient (Wildman–Crippen LogP) is -3.31. The normalized spacial score (nSPS) is 11.3. The number of hydrogen-bond donors (Lipinski definition) is 0. The van der Waals surface area contributed by atoms with Crippen molar-refractivity contribution >= 4 is 52.1 Å². The number of halogens is 2. The fourth-order valence-electron chi connectivity index (χ4n) is 1.75. The maximum atomic E-state index is 11.2. The molecule has 0 spiro atoms. The van der Waals surface area contributed by atoms with Crippen molar-refractivity contribution in [2.45, 2.75) is 9.79 Å². The molecule has 0 aliphatic carbocycles. The van der Waals surface area contributed by atoms with Crippen molar-refractivity contribution < 1.29 is 85.1 Å². The molecule has 0 aromatic heterocycles. The largest absolute Gasteiger partial charge is 1.00 e. The summed E-state index contributed by atoms with van der Waals surface area (Å²) >= 11 is 5.93. The Hall–Kier alpha value is 1.22. The molecule has 2 rings (SSSR count). The van der Waals surface area contributed by atoms with Crippen LogP contribution in [0.1, 0.15) is 0 Å². The summed E-state index contributed by atoms with van der Waals surface area (Å²) in [7, 11) is -9.39. The van der Waals surface area contributed by atoms with Crippen LogP contribution in [0.3, 0.4) is 0 Å². The molecule has 0 amide bonds. The van der Waals surface area contributed by atoms with Crippen LogP contribution in [0.5, 0.6) is 0 Å². The van der Waals surface area contributed by atoms with Gasteiger partial charge in [0.2, 0.25) is 0 Å². The molecule has 6 nitrogen and oxygen atoms in total. The van der Waals surface area contributed by atoms with Gasteiger partial charge in [0, 0.05) is 8.95 Å². The minimum absolute atomic E-state index is 0. The Morgan fingerprint density at radius 2 is 0.958 bits per heavy atom. The Bertz CT molecular complexity index is 882. The molecule has 0 N–H and O–H groups in total. The molecule has 0 bridgehead atoms. The first-order valence-electron chi connectivity index (χ1n) is 5.51. The average Bonchev–Trinajstić information content (AvgIpc) is 2.37. The van der Waals surface area contributed by atoms with E-state index < -0.39 is 30.0 Å². The molecule has 12 heteroatoms. The van der Waals surface area contributed by atoms with Gasteiger partial charge in [0.05, 0.1) is 9.79 Å². The summed E-state index contributed by atoms with van der Waals surface area (Å²) in [6.45, 7) is 0. The quantitative estimate of drug-likeness (QED) is 0.312. The maximum Gasteiger partial charge on any atom is 1.00 e. The second-order valence-electron chi connectivity index (χ2n) is 4.20. The van der Waals surface area contributed by atoms with E-state index in [0.29, 0.717) is 0 Å². The summed E-state index contributed by atoms with van der Waals surface area (Å²) in [5.74, 6) is 0. The monoisotopic (exact) mass is 514 g/mol. The Morgan fingerprint density at radius 1 is 0.667 bits per heavy atom. The van der Waals surface area contributed by atoms with Crippen molar-refractivity contribution in [3.8, 4) is 11.1 Å². The minimum atomic E-state index is -4.70. The van der Waals surface area contributed by atoms with Gasteiger partial charge in [-0.05, 0) is 67.3 Å². The minimum Gasteiger partial charge on any atom is -0.744 e. The summed E-state index contributed by atoms with van der Waals surface area (Å²) in [4.78, 5) is -0.945. The molecule has 2 aromatic carbocycles. The summed E-state index contributed by atoms with van der Waals surface area (Å²) < 4.78 is 67.3. The summed E-state index contributed by atoms with van der Waals surface area (Å²) in [5.41, 5.74) is 0.574. The van der Waals surface area contributed by atoms with E-state index in [4.69, 9.17) is 0 Å². The standard InChI is InChI=1S/C12H8Br2O6S2.2Na/c13-9-3-1-7(5-11(9)21(15,16)17)8-2-4-10(14)12(6-8)22(18,19)20;;/h1-6H,(H,15,16,17)(H,18,19,20);;/q;2*+1/p-2. The van der Waals surface area contributed by atoms with E-state index in [-0.39, 0.29) is 79.2 Å².